The van der Waals surface area contributed by atoms with Crippen LogP contribution in [0.2, 0.25) is 0 Å². The van der Waals surface area contributed by atoms with E-state index >= 15 is 0 Å². The van der Waals surface area contributed by atoms with Crippen LogP contribution in [0.4, 0.5) is 5.69 Å². The zero-order valence-corrected chi connectivity index (χ0v) is 16.4. The minimum absolute atomic E-state index is 0.135. The molecule has 0 aliphatic rings. The lowest BCUT2D eigenvalue weighted by molar-refractivity contribution is -0.111. The Bertz CT molecular complexity index is 885. The third kappa shape index (κ3) is 5.06. The molecule has 2 N–H and O–H groups in total. The number of aromatic amines is 1. The van der Waals surface area contributed by atoms with E-state index in [1.807, 2.05) is 20.8 Å². The van der Waals surface area contributed by atoms with Crippen LogP contribution in [0.25, 0.3) is 11.4 Å². The van der Waals surface area contributed by atoms with Gasteiger partial charge in [-0.3, -0.25) is 9.59 Å². The minimum Gasteiger partial charge on any atom is -0.493 e. The highest BCUT2D eigenvalue weighted by atomic mass is 16.5. The molecule has 1 aromatic carbocycles. The number of aryl methyl sites for hydroxylation is 1. The van der Waals surface area contributed by atoms with Gasteiger partial charge in [-0.2, -0.15) is 0 Å². The molecule has 1 amide bonds. The number of aromatic nitrogens is 2. The summed E-state index contributed by atoms with van der Waals surface area (Å²) in [5.41, 5.74) is 2.61. The lowest BCUT2D eigenvalue weighted by atomic mass is 10.1. The Morgan fingerprint density at radius 1 is 1.26 bits per heavy atom. The second-order valence-electron chi connectivity index (χ2n) is 6.10. The van der Waals surface area contributed by atoms with E-state index in [-0.39, 0.29) is 11.5 Å². The Morgan fingerprint density at radius 2 is 2.04 bits per heavy atom. The summed E-state index contributed by atoms with van der Waals surface area (Å²) in [6.45, 7) is 8.28. The summed E-state index contributed by atoms with van der Waals surface area (Å²) < 4.78 is 5.83. The van der Waals surface area contributed by atoms with Crippen molar-refractivity contribution in [3.8, 4) is 17.1 Å². The number of hydrogen-bond acceptors (Lipinski definition) is 4. The van der Waals surface area contributed by atoms with E-state index in [4.69, 9.17) is 4.74 Å². The number of hydrogen-bond donors (Lipinski definition) is 2. The van der Waals surface area contributed by atoms with E-state index in [1.54, 1.807) is 31.2 Å². The average molecular weight is 369 g/mol. The molecular weight excluding hydrogens is 342 g/mol. The van der Waals surface area contributed by atoms with E-state index in [1.165, 1.54) is 6.08 Å². The maximum Gasteiger partial charge on any atom is 0.254 e. The molecule has 0 atom stereocenters. The Balaban J connectivity index is 2.55. The molecule has 0 aliphatic heterocycles. The maximum absolute atomic E-state index is 12.5. The smallest absolute Gasteiger partial charge is 0.254 e. The zero-order valence-electron chi connectivity index (χ0n) is 16.4. The van der Waals surface area contributed by atoms with Crippen molar-refractivity contribution in [2.45, 2.75) is 47.0 Å². The van der Waals surface area contributed by atoms with E-state index in [0.29, 0.717) is 47.8 Å². The number of rotatable bonds is 8. The molecule has 6 heteroatoms. The zero-order chi connectivity index (χ0) is 19.8. The summed E-state index contributed by atoms with van der Waals surface area (Å²) in [5.74, 6) is 0.848. The van der Waals surface area contributed by atoms with Crippen molar-refractivity contribution in [3.63, 3.8) is 0 Å². The van der Waals surface area contributed by atoms with Crippen molar-refractivity contribution >= 4 is 11.6 Å². The van der Waals surface area contributed by atoms with Crippen LogP contribution in [-0.4, -0.2) is 22.5 Å². The highest BCUT2D eigenvalue weighted by Gasteiger charge is 2.15. The molecule has 1 heterocycles. The maximum atomic E-state index is 12.5. The number of amides is 1. The van der Waals surface area contributed by atoms with Crippen LogP contribution < -0.4 is 15.6 Å². The predicted molar refractivity (Wildman–Crippen MR) is 108 cm³/mol. The van der Waals surface area contributed by atoms with Crippen LogP contribution in [0, 0.1) is 0 Å². The molecule has 2 rings (SSSR count). The van der Waals surface area contributed by atoms with Gasteiger partial charge in [-0.1, -0.05) is 26.8 Å². The first-order chi connectivity index (χ1) is 13.0. The first-order valence-electron chi connectivity index (χ1n) is 9.36. The van der Waals surface area contributed by atoms with E-state index in [0.717, 1.165) is 12.1 Å². The third-order valence-electron chi connectivity index (χ3n) is 4.07. The van der Waals surface area contributed by atoms with Gasteiger partial charge in [0.25, 0.3) is 5.56 Å². The van der Waals surface area contributed by atoms with Crippen LogP contribution in [0.15, 0.2) is 35.1 Å². The second-order valence-corrected chi connectivity index (χ2v) is 6.10. The van der Waals surface area contributed by atoms with Crippen molar-refractivity contribution in [2.75, 3.05) is 11.9 Å². The third-order valence-corrected chi connectivity index (χ3v) is 4.07. The molecule has 144 valence electrons. The Morgan fingerprint density at radius 3 is 2.67 bits per heavy atom. The minimum atomic E-state index is -0.220. The van der Waals surface area contributed by atoms with Crippen LogP contribution in [0.3, 0.4) is 0 Å². The van der Waals surface area contributed by atoms with Gasteiger partial charge < -0.3 is 15.0 Å². The number of ether oxygens (including phenoxy) is 1. The Kier molecular flexibility index (Phi) is 7.34. The molecule has 0 bridgehead atoms. The van der Waals surface area contributed by atoms with Gasteiger partial charge in [0.2, 0.25) is 5.91 Å². The van der Waals surface area contributed by atoms with Crippen molar-refractivity contribution in [3.05, 3.63) is 52.0 Å². The normalized spacial score (nSPS) is 11.0. The number of anilines is 1. The van der Waals surface area contributed by atoms with E-state index in [2.05, 4.69) is 15.3 Å². The lowest BCUT2D eigenvalue weighted by Crippen LogP contribution is -2.18. The van der Waals surface area contributed by atoms with E-state index in [9.17, 15) is 9.59 Å². The van der Waals surface area contributed by atoms with Crippen molar-refractivity contribution in [1.29, 1.82) is 0 Å². The number of benzene rings is 1. The molecule has 27 heavy (non-hydrogen) atoms. The molecule has 0 radical (unpaired) electrons. The fourth-order valence-electron chi connectivity index (χ4n) is 2.80. The van der Waals surface area contributed by atoms with Gasteiger partial charge in [-0.25, -0.2) is 4.98 Å². The summed E-state index contributed by atoms with van der Waals surface area (Å²) in [7, 11) is 0. The second kappa shape index (κ2) is 9.71. The molecule has 0 unspecified atom stereocenters. The number of carbonyl (C=O) groups is 1. The number of carbonyl (C=O) groups excluding carboxylic acids is 1. The number of nitrogens with one attached hydrogen (secondary N) is 2. The van der Waals surface area contributed by atoms with Gasteiger partial charge in [0.15, 0.2) is 0 Å². The van der Waals surface area contributed by atoms with Crippen molar-refractivity contribution in [2.24, 2.45) is 0 Å². The average Bonchev–Trinajstić information content (AvgIpc) is 2.66. The molecular formula is C21H27N3O3. The highest BCUT2D eigenvalue weighted by Crippen LogP contribution is 2.31. The van der Waals surface area contributed by atoms with Crippen LogP contribution in [0.1, 0.15) is 45.4 Å². The number of allylic oxidation sites excluding steroid dienone is 1. The molecule has 6 nitrogen and oxygen atoms in total. The summed E-state index contributed by atoms with van der Waals surface area (Å²) in [6, 6.07) is 5.33. The monoisotopic (exact) mass is 369 g/mol. The topological polar surface area (TPSA) is 84.1 Å². The predicted octanol–water partition coefficient (Wildman–Crippen LogP) is 3.87. The standard InChI is InChI=1S/C21H27N3O3/c1-5-9-19(25)22-14-10-11-18(27-12-6-2)16(13-14)20-23-17(8-4)15(7-3)21(26)24-20/h5,9-11,13H,6-8,12H2,1-4H3,(H,22,25)(H,23,24,26)/b9-5+. The van der Waals surface area contributed by atoms with Crippen LogP contribution >= 0.6 is 0 Å². The van der Waals surface area contributed by atoms with Crippen LogP contribution in [-0.2, 0) is 17.6 Å². The van der Waals surface area contributed by atoms with Gasteiger partial charge in [-0.05, 0) is 50.5 Å². The molecule has 0 fully saturated rings. The van der Waals surface area contributed by atoms with Gasteiger partial charge >= 0.3 is 0 Å². The molecule has 1 aromatic heterocycles. The molecule has 2 aromatic rings. The molecule has 0 aliphatic carbocycles. The summed E-state index contributed by atoms with van der Waals surface area (Å²) in [6.07, 6.45) is 5.28. The summed E-state index contributed by atoms with van der Waals surface area (Å²) in [4.78, 5) is 31.9. The highest BCUT2D eigenvalue weighted by molar-refractivity contribution is 5.99. The SMILES string of the molecule is C/C=C/C(=O)Nc1ccc(OCCC)c(-c2nc(CC)c(CC)c(=O)[nH]2)c1. The molecule has 0 saturated heterocycles. The Labute approximate surface area is 159 Å². The van der Waals surface area contributed by atoms with Gasteiger partial charge in [0.05, 0.1) is 17.9 Å². The largest absolute Gasteiger partial charge is 0.493 e. The number of nitrogens with zero attached hydrogens (tertiary/aromatic N) is 1. The van der Waals surface area contributed by atoms with Crippen LogP contribution in [0.5, 0.6) is 5.75 Å². The lowest BCUT2D eigenvalue weighted by Gasteiger charge is -2.14. The summed E-state index contributed by atoms with van der Waals surface area (Å²) in [5, 5.41) is 2.80. The first-order valence-corrected chi connectivity index (χ1v) is 9.36. The van der Waals surface area contributed by atoms with E-state index < -0.39 is 0 Å². The first kappa shape index (κ1) is 20.4. The number of H-pyrrole nitrogens is 1. The van der Waals surface area contributed by atoms with Gasteiger partial charge in [0, 0.05) is 11.3 Å². The fraction of sp³-hybridized carbons (Fsp3) is 0.381. The fourth-order valence-corrected chi connectivity index (χ4v) is 2.80. The van der Waals surface area contributed by atoms with Crippen molar-refractivity contribution < 1.29 is 9.53 Å². The van der Waals surface area contributed by atoms with Crippen molar-refractivity contribution in [1.82, 2.24) is 9.97 Å². The summed E-state index contributed by atoms with van der Waals surface area (Å²) >= 11 is 0. The molecule has 0 saturated carbocycles. The Hall–Kier alpha value is -2.89. The van der Waals surface area contributed by atoms with Gasteiger partial charge in [0.1, 0.15) is 11.6 Å². The molecule has 0 spiro atoms. The quantitative estimate of drug-likeness (QED) is 0.692. The van der Waals surface area contributed by atoms with Gasteiger partial charge in [-0.15, -0.1) is 0 Å².